The minimum atomic E-state index is -1.19. The Labute approximate surface area is 176 Å². The van der Waals surface area contributed by atoms with Gasteiger partial charge in [-0.2, -0.15) is 0 Å². The second-order valence-electron chi connectivity index (χ2n) is 8.47. The molecule has 1 unspecified atom stereocenters. The minimum Gasteiger partial charge on any atom is -0.550 e. The van der Waals surface area contributed by atoms with Crippen molar-refractivity contribution < 1.29 is 19.6 Å². The number of aryl methyl sites for hydroxylation is 1. The first-order chi connectivity index (χ1) is 14.5. The molecule has 30 heavy (non-hydrogen) atoms. The van der Waals surface area contributed by atoms with Crippen LogP contribution in [0.4, 0.5) is 0 Å². The first-order valence-corrected chi connectivity index (χ1v) is 10.7. The molecule has 7 heteroatoms. The number of aromatic nitrogens is 2. The molecule has 158 valence electrons. The molecule has 2 bridgehead atoms. The Kier molecular flexibility index (Phi) is 6.08. The summed E-state index contributed by atoms with van der Waals surface area (Å²) in [6, 6.07) is 12.7. The maximum Gasteiger partial charge on any atom is 0.220 e. The van der Waals surface area contributed by atoms with E-state index in [-0.39, 0.29) is 18.7 Å². The number of nitrogens with one attached hydrogen (secondary N) is 2. The molecule has 3 saturated heterocycles. The summed E-state index contributed by atoms with van der Waals surface area (Å²) in [5, 5.41) is 13.4. The van der Waals surface area contributed by atoms with Gasteiger partial charge >= 0.3 is 0 Å². The van der Waals surface area contributed by atoms with E-state index in [9.17, 15) is 14.7 Å². The lowest BCUT2D eigenvalue weighted by molar-refractivity contribution is -0.942. The Hall–Kier alpha value is -2.80. The summed E-state index contributed by atoms with van der Waals surface area (Å²) in [7, 11) is 0. The number of piperidine rings is 3. The first-order valence-electron chi connectivity index (χ1n) is 10.7. The summed E-state index contributed by atoms with van der Waals surface area (Å²) in [5.74, 6) is 0.355. The zero-order chi connectivity index (χ0) is 21.1. The van der Waals surface area contributed by atoms with Gasteiger partial charge in [-0.1, -0.05) is 30.3 Å². The van der Waals surface area contributed by atoms with Gasteiger partial charge in [0.2, 0.25) is 5.91 Å². The third-order valence-corrected chi connectivity index (χ3v) is 6.46. The van der Waals surface area contributed by atoms with Crippen LogP contribution in [0.3, 0.4) is 0 Å². The smallest absolute Gasteiger partial charge is 0.220 e. The molecular weight excluding hydrogens is 380 g/mol. The van der Waals surface area contributed by atoms with E-state index < -0.39 is 5.97 Å². The van der Waals surface area contributed by atoms with Crippen molar-refractivity contribution in [3.8, 4) is 11.3 Å². The maximum atomic E-state index is 11.9. The normalized spacial score (nSPS) is 25.1. The van der Waals surface area contributed by atoms with E-state index in [1.54, 1.807) is 0 Å². The van der Waals surface area contributed by atoms with Gasteiger partial charge in [0, 0.05) is 30.8 Å². The predicted octanol–water partition coefficient (Wildman–Crippen LogP) is -0.141. The molecular formula is C23H28N4O3. The van der Waals surface area contributed by atoms with Gasteiger partial charge in [0.1, 0.15) is 11.9 Å². The lowest BCUT2D eigenvalue weighted by Gasteiger charge is -2.46. The highest BCUT2D eigenvalue weighted by Gasteiger charge is 2.44. The molecule has 3 aliphatic rings. The van der Waals surface area contributed by atoms with Crippen molar-refractivity contribution in [3.05, 3.63) is 47.9 Å². The third-order valence-electron chi connectivity index (χ3n) is 6.46. The second-order valence-corrected chi connectivity index (χ2v) is 8.47. The van der Waals surface area contributed by atoms with Gasteiger partial charge in [-0.25, -0.2) is 9.97 Å². The third kappa shape index (κ3) is 4.67. The Balaban J connectivity index is 1.42. The van der Waals surface area contributed by atoms with E-state index in [4.69, 9.17) is 4.98 Å². The fourth-order valence-corrected chi connectivity index (χ4v) is 4.96. The topological polar surface area (TPSA) is 99.5 Å². The minimum absolute atomic E-state index is 0.0150. The molecule has 4 atom stereocenters. The standard InChI is InChI=1S/C23H28N4O3/c1-15-25-20(16-5-3-2-4-6-16)12-21(26-15)19-14-27-10-9-17(19)11-18(27)13-24-22(28)7-8-23(29)30/h2-6,12,17-19H,7-11,13-14H2,1H3,(H,24,28)(H,29,30)/t17-,18+,19-/m0/s1. The van der Waals surface area contributed by atoms with Crippen LogP contribution in [-0.2, 0) is 9.59 Å². The monoisotopic (exact) mass is 408 g/mol. The number of carboxylic acid groups (broad SMARTS) is 1. The van der Waals surface area contributed by atoms with Crippen LogP contribution in [0.1, 0.15) is 43.1 Å². The molecule has 3 aliphatic heterocycles. The van der Waals surface area contributed by atoms with Gasteiger partial charge < -0.3 is 20.1 Å². The summed E-state index contributed by atoms with van der Waals surface area (Å²) in [4.78, 5) is 33.3. The Morgan fingerprint density at radius 2 is 2.00 bits per heavy atom. The van der Waals surface area contributed by atoms with Crippen LogP contribution in [0, 0.1) is 12.8 Å². The summed E-state index contributed by atoms with van der Waals surface area (Å²) in [6.45, 7) is 4.67. The highest BCUT2D eigenvalue weighted by atomic mass is 16.4. The molecule has 0 radical (unpaired) electrons. The van der Waals surface area contributed by atoms with Crippen molar-refractivity contribution in [1.82, 2.24) is 15.3 Å². The lowest BCUT2D eigenvalue weighted by atomic mass is 9.74. The van der Waals surface area contributed by atoms with E-state index in [0.717, 1.165) is 42.3 Å². The molecule has 1 aromatic carbocycles. The van der Waals surface area contributed by atoms with Crippen molar-refractivity contribution in [1.29, 1.82) is 0 Å². The number of carboxylic acids is 1. The molecule has 2 aromatic rings. The van der Waals surface area contributed by atoms with Crippen LogP contribution < -0.4 is 15.3 Å². The number of carbonyl (C=O) groups excluding carboxylic acids is 2. The number of fused-ring (bicyclic) bond motifs is 3. The van der Waals surface area contributed by atoms with Crippen molar-refractivity contribution in [3.63, 3.8) is 0 Å². The van der Waals surface area contributed by atoms with E-state index in [0.29, 0.717) is 24.4 Å². The second kappa shape index (κ2) is 8.92. The van der Waals surface area contributed by atoms with Crippen LogP contribution in [0.15, 0.2) is 36.4 Å². The summed E-state index contributed by atoms with van der Waals surface area (Å²) >= 11 is 0. The highest BCUT2D eigenvalue weighted by molar-refractivity contribution is 5.79. The Morgan fingerprint density at radius 1 is 1.20 bits per heavy atom. The van der Waals surface area contributed by atoms with E-state index >= 15 is 0 Å². The number of hydrogen-bond acceptors (Lipinski definition) is 5. The van der Waals surface area contributed by atoms with Gasteiger partial charge in [-0.3, -0.25) is 4.79 Å². The van der Waals surface area contributed by atoms with Crippen LogP contribution >= 0.6 is 0 Å². The number of rotatable bonds is 7. The van der Waals surface area contributed by atoms with Crippen molar-refractivity contribution in [2.24, 2.45) is 5.92 Å². The number of nitrogens with zero attached hydrogens (tertiary/aromatic N) is 2. The molecule has 5 rings (SSSR count). The van der Waals surface area contributed by atoms with E-state index in [1.165, 1.54) is 11.3 Å². The van der Waals surface area contributed by atoms with Gasteiger partial charge in [0.25, 0.3) is 0 Å². The molecule has 0 spiro atoms. The fourth-order valence-electron chi connectivity index (χ4n) is 4.96. The number of carbonyl (C=O) groups is 2. The zero-order valence-corrected chi connectivity index (χ0v) is 17.3. The molecule has 0 aliphatic carbocycles. The molecule has 2 N–H and O–H groups in total. The van der Waals surface area contributed by atoms with Gasteiger partial charge in [-0.15, -0.1) is 0 Å². The van der Waals surface area contributed by atoms with Gasteiger partial charge in [0.15, 0.2) is 0 Å². The average Bonchev–Trinajstić information content (AvgIpc) is 2.76. The number of benzene rings is 1. The highest BCUT2D eigenvalue weighted by Crippen LogP contribution is 2.34. The fraction of sp³-hybridized carbons (Fsp3) is 0.478. The SMILES string of the molecule is Cc1nc(-c2ccccc2)cc([C@H]2C[NH+]3CC[C@H]2C[C@@H]3CNC(=O)CCC(=O)[O-])n1. The quantitative estimate of drug-likeness (QED) is 0.664. The Morgan fingerprint density at radius 3 is 2.70 bits per heavy atom. The number of hydrogen-bond donors (Lipinski definition) is 2. The number of amides is 1. The lowest BCUT2D eigenvalue weighted by Crippen LogP contribution is -3.20. The zero-order valence-electron chi connectivity index (χ0n) is 17.3. The van der Waals surface area contributed by atoms with Crippen LogP contribution in [0.25, 0.3) is 11.3 Å². The molecule has 3 fully saturated rings. The summed E-state index contributed by atoms with van der Waals surface area (Å²) < 4.78 is 0. The number of quaternary nitrogens is 1. The van der Waals surface area contributed by atoms with Crippen LogP contribution in [-0.4, -0.2) is 47.5 Å². The molecule has 4 heterocycles. The van der Waals surface area contributed by atoms with Gasteiger partial charge in [0.05, 0.1) is 36.9 Å². The molecule has 0 saturated carbocycles. The average molecular weight is 409 g/mol. The van der Waals surface area contributed by atoms with E-state index in [2.05, 4.69) is 28.5 Å². The van der Waals surface area contributed by atoms with Crippen LogP contribution in [0.2, 0.25) is 0 Å². The summed E-state index contributed by atoms with van der Waals surface area (Å²) in [5.41, 5.74) is 3.20. The Bertz CT molecular complexity index is 918. The number of aliphatic carboxylic acids is 1. The maximum absolute atomic E-state index is 11.9. The first kappa shape index (κ1) is 20.5. The van der Waals surface area contributed by atoms with Crippen LogP contribution in [0.5, 0.6) is 0 Å². The van der Waals surface area contributed by atoms with E-state index in [1.807, 2.05) is 25.1 Å². The van der Waals surface area contributed by atoms with Crippen molar-refractivity contribution >= 4 is 11.9 Å². The molecule has 1 amide bonds. The molecule has 1 aromatic heterocycles. The summed E-state index contributed by atoms with van der Waals surface area (Å²) in [6.07, 6.45) is 1.97. The molecule has 7 nitrogen and oxygen atoms in total. The van der Waals surface area contributed by atoms with Crippen molar-refractivity contribution in [2.75, 3.05) is 19.6 Å². The predicted molar refractivity (Wildman–Crippen MR) is 109 cm³/mol. The van der Waals surface area contributed by atoms with Gasteiger partial charge in [-0.05, 0) is 25.3 Å². The largest absolute Gasteiger partial charge is 0.550 e. The van der Waals surface area contributed by atoms with Crippen molar-refractivity contribution in [2.45, 2.75) is 44.6 Å².